The third kappa shape index (κ3) is 6.17. The number of hydrogen-bond acceptors (Lipinski definition) is 7. The van der Waals surface area contributed by atoms with Crippen molar-refractivity contribution in [1.82, 2.24) is 30.1 Å². The van der Waals surface area contributed by atoms with E-state index in [4.69, 9.17) is 4.74 Å². The van der Waals surface area contributed by atoms with Crippen LogP contribution >= 0.6 is 0 Å². The van der Waals surface area contributed by atoms with Crippen LogP contribution in [0.5, 0.6) is 11.5 Å². The van der Waals surface area contributed by atoms with Gasteiger partial charge in [-0.15, -0.1) is 0 Å². The summed E-state index contributed by atoms with van der Waals surface area (Å²) in [4.78, 5) is 28.8. The van der Waals surface area contributed by atoms with Gasteiger partial charge in [-0.3, -0.25) is 9.88 Å². The number of rotatable bonds is 6. The highest BCUT2D eigenvalue weighted by molar-refractivity contribution is 5.90. The van der Waals surface area contributed by atoms with Crippen LogP contribution in [0.2, 0.25) is 0 Å². The standard InChI is InChI=1S/C31H31F3N8O2/c1-2-19-17-42(30(43)40-22-4-3-20(26(13-22)31(32,33)34)16-41-9-7-36-8-10-41)18-21-11-24(15-38-28(19)21)44-27-5-6-37-29-25(27)12-23(14-35)39-29/h3-6,11-13,15,19,36H,2,7-10,16-18H2,1H3,(H,37,39)(H,40,43)/t19-/m0/s1. The molecule has 2 amide bonds. The first kappa shape index (κ1) is 29.4. The molecular formula is C31H31F3N8O2. The molecule has 3 aromatic heterocycles. The van der Waals surface area contributed by atoms with E-state index in [1.54, 1.807) is 29.4 Å². The third-order valence-corrected chi connectivity index (χ3v) is 8.06. The van der Waals surface area contributed by atoms with Crippen molar-refractivity contribution in [3.63, 3.8) is 0 Å². The lowest BCUT2D eigenvalue weighted by atomic mass is 9.92. The number of amides is 2. The zero-order chi connectivity index (χ0) is 30.8. The number of anilines is 1. The van der Waals surface area contributed by atoms with Gasteiger partial charge >= 0.3 is 12.2 Å². The summed E-state index contributed by atoms with van der Waals surface area (Å²) in [5, 5.41) is 15.8. The van der Waals surface area contributed by atoms with Crippen molar-refractivity contribution < 1.29 is 22.7 Å². The van der Waals surface area contributed by atoms with Crippen molar-refractivity contribution in [2.75, 3.05) is 38.0 Å². The van der Waals surface area contributed by atoms with Gasteiger partial charge in [0.1, 0.15) is 28.9 Å². The van der Waals surface area contributed by atoms with E-state index in [0.717, 1.165) is 30.4 Å². The fourth-order valence-corrected chi connectivity index (χ4v) is 5.80. The number of aromatic amines is 1. The molecular weight excluding hydrogens is 573 g/mol. The van der Waals surface area contributed by atoms with Crippen LogP contribution in [0, 0.1) is 11.3 Å². The summed E-state index contributed by atoms with van der Waals surface area (Å²) in [6.45, 7) is 5.60. The minimum absolute atomic E-state index is 0.0545. The number of benzene rings is 1. The third-order valence-electron chi connectivity index (χ3n) is 8.06. The summed E-state index contributed by atoms with van der Waals surface area (Å²) >= 11 is 0. The second kappa shape index (κ2) is 12.1. The summed E-state index contributed by atoms with van der Waals surface area (Å²) in [6.07, 6.45) is -0.640. The number of pyridine rings is 2. The lowest BCUT2D eigenvalue weighted by molar-refractivity contribution is -0.138. The van der Waals surface area contributed by atoms with Crippen LogP contribution in [0.25, 0.3) is 11.0 Å². The molecule has 44 heavy (non-hydrogen) atoms. The van der Waals surface area contributed by atoms with Crippen molar-refractivity contribution in [3.8, 4) is 17.6 Å². The van der Waals surface area contributed by atoms with Crippen LogP contribution in [-0.4, -0.2) is 63.5 Å². The van der Waals surface area contributed by atoms with Crippen LogP contribution in [0.15, 0.2) is 48.8 Å². The molecule has 10 nitrogen and oxygen atoms in total. The summed E-state index contributed by atoms with van der Waals surface area (Å²) in [5.41, 5.74) is 2.04. The molecule has 0 unspecified atom stereocenters. The minimum atomic E-state index is -4.56. The van der Waals surface area contributed by atoms with E-state index >= 15 is 0 Å². The van der Waals surface area contributed by atoms with Crippen LogP contribution in [0.4, 0.5) is 23.7 Å². The summed E-state index contributed by atoms with van der Waals surface area (Å²) in [7, 11) is 0. The number of nitriles is 1. The Hall–Kier alpha value is -4.67. The fraction of sp³-hybridized carbons (Fsp3) is 0.355. The van der Waals surface area contributed by atoms with Crippen LogP contribution < -0.4 is 15.4 Å². The Morgan fingerprint density at radius 3 is 2.75 bits per heavy atom. The summed E-state index contributed by atoms with van der Waals surface area (Å²) in [6, 6.07) is 10.7. The second-order valence-corrected chi connectivity index (χ2v) is 11.0. The molecule has 2 aliphatic rings. The molecule has 2 aliphatic heterocycles. The SMILES string of the molecule is CC[C@H]1CN(C(=O)Nc2ccc(CN3CCNCC3)c(C(F)(F)F)c2)Cc2cc(Oc3ccnc4[nH]c(C#N)cc34)cnc21. The van der Waals surface area contributed by atoms with Gasteiger partial charge in [-0.25, -0.2) is 9.78 Å². The minimum Gasteiger partial charge on any atom is -0.455 e. The van der Waals surface area contributed by atoms with Crippen LogP contribution in [-0.2, 0) is 19.3 Å². The zero-order valence-electron chi connectivity index (χ0n) is 24.0. The van der Waals surface area contributed by atoms with Crippen molar-refractivity contribution in [2.24, 2.45) is 0 Å². The van der Waals surface area contributed by atoms with E-state index < -0.39 is 17.8 Å². The molecule has 0 radical (unpaired) electrons. The van der Waals surface area contributed by atoms with Gasteiger partial charge in [0.25, 0.3) is 0 Å². The topological polar surface area (TPSA) is 122 Å². The Bertz CT molecular complexity index is 1730. The predicted octanol–water partition coefficient (Wildman–Crippen LogP) is 5.59. The predicted molar refractivity (Wildman–Crippen MR) is 157 cm³/mol. The van der Waals surface area contributed by atoms with E-state index in [2.05, 4.69) is 31.7 Å². The number of alkyl halides is 3. The molecule has 6 rings (SSSR count). The number of nitrogens with one attached hydrogen (secondary N) is 3. The molecule has 1 aromatic carbocycles. The van der Waals surface area contributed by atoms with Gasteiger partial charge in [0.05, 0.1) is 22.8 Å². The number of aromatic nitrogens is 3. The average molecular weight is 605 g/mol. The number of halogens is 3. The number of H-pyrrole nitrogens is 1. The highest BCUT2D eigenvalue weighted by Gasteiger charge is 2.35. The first-order valence-corrected chi connectivity index (χ1v) is 14.5. The molecule has 0 spiro atoms. The maximum absolute atomic E-state index is 14.0. The molecule has 1 atom stereocenters. The monoisotopic (exact) mass is 604 g/mol. The Kier molecular flexibility index (Phi) is 8.11. The van der Waals surface area contributed by atoms with Gasteiger partial charge in [0, 0.05) is 63.6 Å². The van der Waals surface area contributed by atoms with Gasteiger partial charge < -0.3 is 25.3 Å². The molecule has 0 aliphatic carbocycles. The summed E-state index contributed by atoms with van der Waals surface area (Å²) < 4.78 is 48.3. The largest absolute Gasteiger partial charge is 0.455 e. The molecule has 1 fully saturated rings. The van der Waals surface area contributed by atoms with Crippen molar-refractivity contribution >= 4 is 22.8 Å². The number of piperazine rings is 1. The maximum Gasteiger partial charge on any atom is 0.416 e. The first-order valence-electron chi connectivity index (χ1n) is 14.5. The number of carbonyl (C=O) groups is 1. The van der Waals surface area contributed by atoms with E-state index in [1.807, 2.05) is 17.9 Å². The highest BCUT2D eigenvalue weighted by atomic mass is 19.4. The van der Waals surface area contributed by atoms with Gasteiger partial charge in [-0.1, -0.05) is 13.0 Å². The average Bonchev–Trinajstić information content (AvgIpc) is 3.46. The zero-order valence-corrected chi connectivity index (χ0v) is 24.0. The van der Waals surface area contributed by atoms with Crippen molar-refractivity contribution in [2.45, 2.75) is 38.5 Å². The molecule has 0 saturated carbocycles. The number of ether oxygens (including phenoxy) is 1. The number of fused-ring (bicyclic) bond motifs is 2. The van der Waals surface area contributed by atoms with E-state index in [0.29, 0.717) is 54.3 Å². The molecule has 13 heteroatoms. The summed E-state index contributed by atoms with van der Waals surface area (Å²) in [5.74, 6) is 0.886. The van der Waals surface area contributed by atoms with E-state index in [-0.39, 0.29) is 30.3 Å². The van der Waals surface area contributed by atoms with E-state index in [9.17, 15) is 23.2 Å². The Balaban J connectivity index is 1.20. The maximum atomic E-state index is 14.0. The van der Waals surface area contributed by atoms with Crippen molar-refractivity contribution in [3.05, 3.63) is 76.9 Å². The van der Waals surface area contributed by atoms with Crippen LogP contribution in [0.3, 0.4) is 0 Å². The lowest BCUT2D eigenvalue weighted by Crippen LogP contribution is -2.43. The number of urea groups is 1. The van der Waals surface area contributed by atoms with Gasteiger partial charge in [-0.2, -0.15) is 18.4 Å². The van der Waals surface area contributed by atoms with Gasteiger partial charge in [0.15, 0.2) is 0 Å². The molecule has 5 heterocycles. The smallest absolute Gasteiger partial charge is 0.416 e. The van der Waals surface area contributed by atoms with Crippen molar-refractivity contribution in [1.29, 1.82) is 5.26 Å². The second-order valence-electron chi connectivity index (χ2n) is 11.0. The Morgan fingerprint density at radius 1 is 1.18 bits per heavy atom. The van der Waals surface area contributed by atoms with E-state index in [1.165, 1.54) is 12.1 Å². The van der Waals surface area contributed by atoms with Gasteiger partial charge in [-0.05, 0) is 47.9 Å². The number of nitrogens with zero attached hydrogens (tertiary/aromatic N) is 5. The molecule has 0 bridgehead atoms. The molecule has 4 aromatic rings. The molecule has 3 N–H and O–H groups in total. The normalized spacial score (nSPS) is 17.2. The van der Waals surface area contributed by atoms with Crippen LogP contribution in [0.1, 0.15) is 47.3 Å². The molecule has 228 valence electrons. The fourth-order valence-electron chi connectivity index (χ4n) is 5.80. The number of hydrogen-bond donors (Lipinski definition) is 3. The highest BCUT2D eigenvalue weighted by Crippen LogP contribution is 2.36. The Morgan fingerprint density at radius 2 is 2.00 bits per heavy atom. The first-order chi connectivity index (χ1) is 21.2. The Labute approximate surface area is 251 Å². The molecule has 1 saturated heterocycles. The quantitative estimate of drug-likeness (QED) is 0.262. The van der Waals surface area contributed by atoms with Gasteiger partial charge in [0.2, 0.25) is 0 Å². The lowest BCUT2D eigenvalue weighted by Gasteiger charge is -2.34. The number of carbonyl (C=O) groups excluding carboxylic acids is 1.